The average Bonchev–Trinajstić information content (AvgIpc) is 2.38. The Balaban J connectivity index is 2.25. The minimum atomic E-state index is 0.0691. The van der Waals surface area contributed by atoms with Crippen molar-refractivity contribution >= 4 is 5.91 Å². The Labute approximate surface area is 104 Å². The van der Waals surface area contributed by atoms with E-state index < -0.39 is 0 Å². The van der Waals surface area contributed by atoms with E-state index in [0.717, 1.165) is 32.5 Å². The lowest BCUT2D eigenvalue weighted by molar-refractivity contribution is -0.132. The maximum absolute atomic E-state index is 12.0. The summed E-state index contributed by atoms with van der Waals surface area (Å²) in [6.45, 7) is 3.70. The summed E-state index contributed by atoms with van der Waals surface area (Å²) in [5, 5.41) is 3.24. The minimum absolute atomic E-state index is 0.0691. The second kappa shape index (κ2) is 8.44. The standard InChI is InChI=1S/C12H25N3O2/c1-17-8-5-14-11(10-13)9-12(16)15-6-3-2-4-7-15/h11,14H,2-10,13H2,1H3. The second-order valence-corrected chi connectivity index (χ2v) is 4.53. The molecular weight excluding hydrogens is 218 g/mol. The fraction of sp³-hybridized carbons (Fsp3) is 0.917. The van der Waals surface area contributed by atoms with E-state index in [4.69, 9.17) is 10.5 Å². The molecule has 1 saturated heterocycles. The van der Waals surface area contributed by atoms with E-state index in [1.807, 2.05) is 4.90 Å². The van der Waals surface area contributed by atoms with Crippen LogP contribution >= 0.6 is 0 Å². The zero-order chi connectivity index (χ0) is 12.5. The molecule has 1 unspecified atom stereocenters. The Morgan fingerprint density at radius 3 is 2.71 bits per heavy atom. The van der Waals surface area contributed by atoms with E-state index >= 15 is 0 Å². The van der Waals surface area contributed by atoms with Crippen LogP contribution in [-0.4, -0.2) is 56.7 Å². The predicted molar refractivity (Wildman–Crippen MR) is 67.8 cm³/mol. The van der Waals surface area contributed by atoms with Gasteiger partial charge in [0.15, 0.2) is 0 Å². The van der Waals surface area contributed by atoms with E-state index in [9.17, 15) is 4.79 Å². The summed E-state index contributed by atoms with van der Waals surface area (Å²) in [5.74, 6) is 0.227. The third-order valence-electron chi connectivity index (χ3n) is 3.15. The first-order valence-corrected chi connectivity index (χ1v) is 6.48. The monoisotopic (exact) mass is 243 g/mol. The number of rotatable bonds is 7. The van der Waals surface area contributed by atoms with Crippen molar-refractivity contribution in [2.24, 2.45) is 5.73 Å². The summed E-state index contributed by atoms with van der Waals surface area (Å²) in [7, 11) is 1.66. The van der Waals surface area contributed by atoms with Crippen molar-refractivity contribution in [2.45, 2.75) is 31.7 Å². The molecule has 5 heteroatoms. The fourth-order valence-electron chi connectivity index (χ4n) is 2.09. The lowest BCUT2D eigenvalue weighted by Gasteiger charge is -2.28. The first kappa shape index (κ1) is 14.4. The first-order valence-electron chi connectivity index (χ1n) is 6.48. The molecule has 1 aliphatic rings. The van der Waals surface area contributed by atoms with Crippen molar-refractivity contribution in [3.63, 3.8) is 0 Å². The highest BCUT2D eigenvalue weighted by molar-refractivity contribution is 5.76. The van der Waals surface area contributed by atoms with E-state index in [-0.39, 0.29) is 11.9 Å². The van der Waals surface area contributed by atoms with Gasteiger partial charge >= 0.3 is 0 Å². The predicted octanol–water partition coefficient (Wildman–Crippen LogP) is -0.0477. The van der Waals surface area contributed by atoms with Gasteiger partial charge in [-0.2, -0.15) is 0 Å². The number of nitrogens with two attached hydrogens (primary N) is 1. The minimum Gasteiger partial charge on any atom is -0.383 e. The number of nitrogens with one attached hydrogen (secondary N) is 1. The maximum atomic E-state index is 12.0. The van der Waals surface area contributed by atoms with Gasteiger partial charge in [-0.3, -0.25) is 4.79 Å². The quantitative estimate of drug-likeness (QED) is 0.615. The number of hydrogen-bond donors (Lipinski definition) is 2. The summed E-state index contributed by atoms with van der Waals surface area (Å²) in [4.78, 5) is 14.0. The van der Waals surface area contributed by atoms with Crippen LogP contribution in [0, 0.1) is 0 Å². The van der Waals surface area contributed by atoms with Gasteiger partial charge in [0.05, 0.1) is 6.61 Å². The van der Waals surface area contributed by atoms with Crippen molar-refractivity contribution in [1.29, 1.82) is 0 Å². The molecule has 1 atom stereocenters. The van der Waals surface area contributed by atoms with Gasteiger partial charge in [0, 0.05) is 45.8 Å². The number of likely N-dealkylation sites (tertiary alicyclic amines) is 1. The van der Waals surface area contributed by atoms with Crippen LogP contribution in [0.2, 0.25) is 0 Å². The highest BCUT2D eigenvalue weighted by Gasteiger charge is 2.19. The van der Waals surface area contributed by atoms with Crippen molar-refractivity contribution < 1.29 is 9.53 Å². The van der Waals surface area contributed by atoms with Gasteiger partial charge in [-0.05, 0) is 19.3 Å². The van der Waals surface area contributed by atoms with Crippen molar-refractivity contribution in [1.82, 2.24) is 10.2 Å². The Morgan fingerprint density at radius 1 is 1.41 bits per heavy atom. The molecule has 1 amide bonds. The van der Waals surface area contributed by atoms with Crippen molar-refractivity contribution in [2.75, 3.05) is 39.9 Å². The second-order valence-electron chi connectivity index (χ2n) is 4.53. The Hall–Kier alpha value is -0.650. The average molecular weight is 243 g/mol. The van der Waals surface area contributed by atoms with Gasteiger partial charge in [-0.1, -0.05) is 0 Å². The molecular formula is C12H25N3O2. The molecule has 0 aromatic rings. The number of hydrogen-bond acceptors (Lipinski definition) is 4. The molecule has 0 spiro atoms. The molecule has 0 radical (unpaired) electrons. The van der Waals surface area contributed by atoms with Crippen LogP contribution in [0.15, 0.2) is 0 Å². The number of nitrogens with zero attached hydrogens (tertiary/aromatic N) is 1. The van der Waals surface area contributed by atoms with Gasteiger partial charge in [-0.25, -0.2) is 0 Å². The largest absolute Gasteiger partial charge is 0.383 e. The van der Waals surface area contributed by atoms with E-state index in [2.05, 4.69) is 5.32 Å². The number of methoxy groups -OCH3 is 1. The van der Waals surface area contributed by atoms with Gasteiger partial charge in [0.1, 0.15) is 0 Å². The summed E-state index contributed by atoms with van der Waals surface area (Å²) >= 11 is 0. The molecule has 0 aromatic carbocycles. The molecule has 0 saturated carbocycles. The first-order chi connectivity index (χ1) is 8.27. The van der Waals surface area contributed by atoms with Crippen LogP contribution in [0.1, 0.15) is 25.7 Å². The number of carbonyl (C=O) groups excluding carboxylic acids is 1. The molecule has 1 heterocycles. The van der Waals surface area contributed by atoms with Crippen LogP contribution in [0.25, 0.3) is 0 Å². The molecule has 0 aromatic heterocycles. The topological polar surface area (TPSA) is 67.6 Å². The maximum Gasteiger partial charge on any atom is 0.224 e. The molecule has 5 nitrogen and oxygen atoms in total. The van der Waals surface area contributed by atoms with E-state index in [1.54, 1.807) is 7.11 Å². The normalized spacial score (nSPS) is 18.1. The van der Waals surface area contributed by atoms with Crippen molar-refractivity contribution in [3.05, 3.63) is 0 Å². The Kier molecular flexibility index (Phi) is 7.16. The van der Waals surface area contributed by atoms with Gasteiger partial charge in [0.2, 0.25) is 5.91 Å². The van der Waals surface area contributed by atoms with Gasteiger partial charge in [0.25, 0.3) is 0 Å². The lowest BCUT2D eigenvalue weighted by atomic mass is 10.1. The van der Waals surface area contributed by atoms with Crippen LogP contribution in [0.3, 0.4) is 0 Å². The number of carbonyl (C=O) groups is 1. The molecule has 1 rings (SSSR count). The van der Waals surface area contributed by atoms with E-state index in [0.29, 0.717) is 19.6 Å². The molecule has 0 aliphatic carbocycles. The van der Waals surface area contributed by atoms with Gasteiger partial charge in [-0.15, -0.1) is 0 Å². The van der Waals surface area contributed by atoms with E-state index in [1.165, 1.54) is 6.42 Å². The number of piperidine rings is 1. The molecule has 17 heavy (non-hydrogen) atoms. The number of amides is 1. The Bertz CT molecular complexity index is 218. The lowest BCUT2D eigenvalue weighted by Crippen LogP contribution is -2.44. The summed E-state index contributed by atoms with van der Waals surface area (Å²) in [6, 6.07) is 0.0691. The fourth-order valence-corrected chi connectivity index (χ4v) is 2.09. The number of ether oxygens (including phenoxy) is 1. The van der Waals surface area contributed by atoms with Crippen LogP contribution in [0.5, 0.6) is 0 Å². The highest BCUT2D eigenvalue weighted by atomic mass is 16.5. The molecule has 100 valence electrons. The zero-order valence-electron chi connectivity index (χ0n) is 10.8. The van der Waals surface area contributed by atoms with Crippen molar-refractivity contribution in [3.8, 4) is 0 Å². The molecule has 0 bridgehead atoms. The van der Waals surface area contributed by atoms with Crippen LogP contribution < -0.4 is 11.1 Å². The summed E-state index contributed by atoms with van der Waals surface area (Å²) in [5.41, 5.74) is 5.66. The molecule has 1 aliphatic heterocycles. The smallest absolute Gasteiger partial charge is 0.224 e. The zero-order valence-corrected chi connectivity index (χ0v) is 10.8. The van der Waals surface area contributed by atoms with Gasteiger partial charge < -0.3 is 20.7 Å². The highest BCUT2D eigenvalue weighted by Crippen LogP contribution is 2.10. The molecule has 1 fully saturated rings. The summed E-state index contributed by atoms with van der Waals surface area (Å²) in [6.07, 6.45) is 4.02. The third-order valence-corrected chi connectivity index (χ3v) is 3.15. The van der Waals surface area contributed by atoms with Crippen LogP contribution in [0.4, 0.5) is 0 Å². The SMILES string of the molecule is COCCNC(CN)CC(=O)N1CCCCC1. The third kappa shape index (κ3) is 5.48. The molecule has 3 N–H and O–H groups in total. The summed E-state index contributed by atoms with van der Waals surface area (Å²) < 4.78 is 4.96. The Morgan fingerprint density at radius 2 is 2.12 bits per heavy atom. The van der Waals surface area contributed by atoms with Crippen LogP contribution in [-0.2, 0) is 9.53 Å².